The molecule has 0 saturated heterocycles. The number of carbonyl (C=O) groups is 1. The summed E-state index contributed by atoms with van der Waals surface area (Å²) in [5, 5.41) is 5.59. The number of anilines is 1. The highest BCUT2D eigenvalue weighted by Crippen LogP contribution is 2.27. The largest absolute Gasteiger partial charge is 0.494 e. The third-order valence-corrected chi connectivity index (χ3v) is 3.76. The maximum absolute atomic E-state index is 12.5. The standard InChI is InChI=1S/C14H16ClN5O2S/c1-8-11(15)12(19(2)17-8)13(21)18-20(14(16)23)9-6-4-5-7-10(9)22-3/h4-7H,1-3H3,(H2,16,23)(H,18,21). The van der Waals surface area contributed by atoms with E-state index < -0.39 is 5.91 Å². The minimum absolute atomic E-state index is 0.0436. The summed E-state index contributed by atoms with van der Waals surface area (Å²) in [6.45, 7) is 1.71. The van der Waals surface area contributed by atoms with Crippen LogP contribution in [0.1, 0.15) is 16.2 Å². The molecule has 0 aliphatic rings. The number of ether oxygens (including phenoxy) is 1. The SMILES string of the molecule is COc1ccccc1N(NC(=O)c1c(Cl)c(C)nn1C)C(N)=S. The summed E-state index contributed by atoms with van der Waals surface area (Å²) in [6, 6.07) is 7.02. The third-order valence-electron chi connectivity index (χ3n) is 3.12. The van der Waals surface area contributed by atoms with E-state index in [-0.39, 0.29) is 15.8 Å². The van der Waals surface area contributed by atoms with E-state index in [4.69, 9.17) is 34.3 Å². The maximum Gasteiger partial charge on any atom is 0.289 e. The van der Waals surface area contributed by atoms with Crippen molar-refractivity contribution in [1.82, 2.24) is 15.2 Å². The van der Waals surface area contributed by atoms with Crippen LogP contribution in [0.5, 0.6) is 5.75 Å². The molecule has 0 unspecified atom stereocenters. The Hall–Kier alpha value is -2.32. The number of hydrogen-bond donors (Lipinski definition) is 2. The van der Waals surface area contributed by atoms with Crippen LogP contribution in [-0.4, -0.2) is 27.9 Å². The van der Waals surface area contributed by atoms with Crippen LogP contribution >= 0.6 is 23.8 Å². The summed E-state index contributed by atoms with van der Waals surface area (Å²) >= 11 is 11.1. The highest BCUT2D eigenvalue weighted by molar-refractivity contribution is 7.80. The number of hydrogen-bond acceptors (Lipinski definition) is 4. The number of amides is 1. The Bertz CT molecular complexity index is 762. The van der Waals surface area contributed by atoms with Crippen molar-refractivity contribution in [2.24, 2.45) is 12.8 Å². The number of para-hydroxylation sites is 2. The summed E-state index contributed by atoms with van der Waals surface area (Å²) in [5.41, 5.74) is 9.62. The van der Waals surface area contributed by atoms with Crippen LogP contribution in [-0.2, 0) is 7.05 Å². The van der Waals surface area contributed by atoms with Gasteiger partial charge in [-0.25, -0.2) is 5.01 Å². The van der Waals surface area contributed by atoms with Crippen LogP contribution in [0.25, 0.3) is 0 Å². The fourth-order valence-electron chi connectivity index (χ4n) is 2.08. The van der Waals surface area contributed by atoms with E-state index in [9.17, 15) is 4.79 Å². The molecule has 1 aromatic carbocycles. The summed E-state index contributed by atoms with van der Waals surface area (Å²) in [5.74, 6) is 0.0182. The summed E-state index contributed by atoms with van der Waals surface area (Å²) < 4.78 is 6.66. The normalized spacial score (nSPS) is 10.3. The van der Waals surface area contributed by atoms with Gasteiger partial charge < -0.3 is 10.5 Å². The van der Waals surface area contributed by atoms with Gasteiger partial charge in [0.1, 0.15) is 17.1 Å². The number of hydrazine groups is 1. The molecule has 0 spiro atoms. The third kappa shape index (κ3) is 3.38. The number of nitrogens with zero attached hydrogens (tertiary/aromatic N) is 3. The zero-order valence-electron chi connectivity index (χ0n) is 12.8. The van der Waals surface area contributed by atoms with Crippen molar-refractivity contribution in [2.75, 3.05) is 12.1 Å². The van der Waals surface area contributed by atoms with Gasteiger partial charge in [-0.3, -0.25) is 14.9 Å². The van der Waals surface area contributed by atoms with E-state index in [1.807, 2.05) is 0 Å². The van der Waals surface area contributed by atoms with Crippen LogP contribution in [0.15, 0.2) is 24.3 Å². The van der Waals surface area contributed by atoms with E-state index in [2.05, 4.69) is 10.5 Å². The number of benzene rings is 1. The molecule has 9 heteroatoms. The van der Waals surface area contributed by atoms with Crippen LogP contribution in [0.3, 0.4) is 0 Å². The molecule has 0 radical (unpaired) electrons. The van der Waals surface area contributed by atoms with E-state index in [1.54, 1.807) is 38.2 Å². The van der Waals surface area contributed by atoms with Crippen molar-refractivity contribution in [3.05, 3.63) is 40.7 Å². The van der Waals surface area contributed by atoms with E-state index in [0.29, 0.717) is 17.1 Å². The molecule has 0 atom stereocenters. The fourth-order valence-corrected chi connectivity index (χ4v) is 2.47. The molecule has 122 valence electrons. The molecule has 1 amide bonds. The molecular formula is C14H16ClN5O2S. The molecule has 3 N–H and O–H groups in total. The van der Waals surface area contributed by atoms with Crippen molar-refractivity contribution < 1.29 is 9.53 Å². The molecule has 0 bridgehead atoms. The molecule has 1 heterocycles. The van der Waals surface area contributed by atoms with Crippen LogP contribution < -0.4 is 20.9 Å². The minimum Gasteiger partial charge on any atom is -0.494 e. The number of aromatic nitrogens is 2. The fraction of sp³-hybridized carbons (Fsp3) is 0.214. The summed E-state index contributed by atoms with van der Waals surface area (Å²) in [6.07, 6.45) is 0. The number of methoxy groups -OCH3 is 1. The highest BCUT2D eigenvalue weighted by atomic mass is 35.5. The number of halogens is 1. The van der Waals surface area contributed by atoms with Gasteiger partial charge in [0, 0.05) is 7.05 Å². The molecule has 2 aromatic rings. The molecule has 7 nitrogen and oxygen atoms in total. The average molecular weight is 354 g/mol. The lowest BCUT2D eigenvalue weighted by Crippen LogP contribution is -2.49. The lowest BCUT2D eigenvalue weighted by molar-refractivity contribution is 0.0945. The van der Waals surface area contributed by atoms with Crippen molar-refractivity contribution in [3.63, 3.8) is 0 Å². The van der Waals surface area contributed by atoms with Gasteiger partial charge in [-0.15, -0.1) is 0 Å². The zero-order valence-corrected chi connectivity index (χ0v) is 14.4. The van der Waals surface area contributed by atoms with Gasteiger partial charge in [-0.2, -0.15) is 5.10 Å². The molecule has 0 fully saturated rings. The number of carbonyl (C=O) groups excluding carboxylic acids is 1. The Kier molecular flexibility index (Phi) is 5.07. The summed E-state index contributed by atoms with van der Waals surface area (Å²) in [4.78, 5) is 12.5. The molecule has 23 heavy (non-hydrogen) atoms. The monoisotopic (exact) mass is 353 g/mol. The minimum atomic E-state index is -0.489. The zero-order chi connectivity index (χ0) is 17.1. The smallest absolute Gasteiger partial charge is 0.289 e. The Morgan fingerprint density at radius 1 is 1.48 bits per heavy atom. The Morgan fingerprint density at radius 3 is 2.65 bits per heavy atom. The topological polar surface area (TPSA) is 85.4 Å². The van der Waals surface area contributed by atoms with E-state index in [0.717, 1.165) is 0 Å². The van der Waals surface area contributed by atoms with E-state index >= 15 is 0 Å². The number of thiocarbonyl (C=S) groups is 1. The van der Waals surface area contributed by atoms with Crippen LogP contribution in [0.4, 0.5) is 5.69 Å². The lowest BCUT2D eigenvalue weighted by Gasteiger charge is -2.25. The van der Waals surface area contributed by atoms with Gasteiger partial charge in [0.2, 0.25) is 0 Å². The second-order valence-corrected chi connectivity index (χ2v) is 5.45. The molecule has 0 saturated carbocycles. The van der Waals surface area contributed by atoms with Gasteiger partial charge >= 0.3 is 0 Å². The van der Waals surface area contributed by atoms with Crippen molar-refractivity contribution in [2.45, 2.75) is 6.92 Å². The van der Waals surface area contributed by atoms with Crippen molar-refractivity contribution in [1.29, 1.82) is 0 Å². The Morgan fingerprint density at radius 2 is 2.13 bits per heavy atom. The first-order chi connectivity index (χ1) is 10.9. The van der Waals surface area contributed by atoms with Gasteiger partial charge in [0.15, 0.2) is 5.11 Å². The number of rotatable bonds is 3. The lowest BCUT2D eigenvalue weighted by atomic mass is 10.3. The number of nitrogens with one attached hydrogen (secondary N) is 1. The van der Waals surface area contributed by atoms with Gasteiger partial charge in [0.25, 0.3) is 5.91 Å². The Labute approximate surface area is 143 Å². The predicted octanol–water partition coefficient (Wildman–Crippen LogP) is 1.79. The van der Waals surface area contributed by atoms with Gasteiger partial charge in [-0.1, -0.05) is 23.7 Å². The second kappa shape index (κ2) is 6.84. The van der Waals surface area contributed by atoms with Crippen LogP contribution in [0.2, 0.25) is 5.02 Å². The quantitative estimate of drug-likeness (QED) is 0.646. The number of aryl methyl sites for hydroxylation is 2. The predicted molar refractivity (Wildman–Crippen MR) is 92.7 cm³/mol. The van der Waals surface area contributed by atoms with Gasteiger partial charge in [-0.05, 0) is 31.3 Å². The van der Waals surface area contributed by atoms with Crippen LogP contribution in [0, 0.1) is 6.92 Å². The molecular weight excluding hydrogens is 338 g/mol. The number of nitrogens with two attached hydrogens (primary N) is 1. The summed E-state index contributed by atoms with van der Waals surface area (Å²) in [7, 11) is 3.14. The first kappa shape index (κ1) is 17.0. The van der Waals surface area contributed by atoms with Gasteiger partial charge in [0.05, 0.1) is 17.8 Å². The second-order valence-electron chi connectivity index (χ2n) is 4.66. The molecule has 1 aromatic heterocycles. The molecule has 0 aliphatic heterocycles. The first-order valence-corrected chi connectivity index (χ1v) is 7.38. The molecule has 2 rings (SSSR count). The Balaban J connectivity index is 2.37. The van der Waals surface area contributed by atoms with Crippen molar-refractivity contribution >= 4 is 40.5 Å². The maximum atomic E-state index is 12.5. The highest BCUT2D eigenvalue weighted by Gasteiger charge is 2.23. The molecule has 0 aliphatic carbocycles. The average Bonchev–Trinajstić information content (AvgIpc) is 2.77. The first-order valence-electron chi connectivity index (χ1n) is 6.59. The van der Waals surface area contributed by atoms with Crippen molar-refractivity contribution in [3.8, 4) is 5.75 Å². The van der Waals surface area contributed by atoms with E-state index in [1.165, 1.54) is 16.8 Å².